The maximum absolute atomic E-state index is 14.2. The van der Waals surface area contributed by atoms with Crippen molar-refractivity contribution in [3.8, 4) is 17.2 Å². The molecule has 0 bridgehead atoms. The lowest BCUT2D eigenvalue weighted by molar-refractivity contribution is -0.140. The normalized spacial score (nSPS) is 12.5. The van der Waals surface area contributed by atoms with E-state index >= 15 is 0 Å². The Hall–Kier alpha value is -4.32. The Morgan fingerprint density at radius 3 is 2.16 bits per heavy atom. The van der Waals surface area contributed by atoms with Crippen LogP contribution in [0.15, 0.2) is 71.6 Å². The maximum Gasteiger partial charge on any atom is 0.264 e. The third-order valence-electron chi connectivity index (χ3n) is 7.21. The quantitative estimate of drug-likeness (QED) is 0.258. The number of hydrogen-bond acceptors (Lipinski definition) is 7. The second-order valence-corrected chi connectivity index (χ2v) is 12.0. The molecule has 0 aromatic heterocycles. The van der Waals surface area contributed by atoms with E-state index in [0.717, 1.165) is 16.4 Å². The molecule has 3 aromatic carbocycles. The van der Waals surface area contributed by atoms with E-state index in [2.05, 4.69) is 5.32 Å². The van der Waals surface area contributed by atoms with Crippen molar-refractivity contribution >= 4 is 27.5 Å². The highest BCUT2D eigenvalue weighted by molar-refractivity contribution is 7.92. The van der Waals surface area contributed by atoms with Crippen molar-refractivity contribution < 1.29 is 36.6 Å². The van der Waals surface area contributed by atoms with Gasteiger partial charge in [0.1, 0.15) is 24.2 Å². The molecule has 44 heavy (non-hydrogen) atoms. The number of carbonyl (C=O) groups excluding carboxylic acids is 2. The summed E-state index contributed by atoms with van der Waals surface area (Å²) in [4.78, 5) is 28.8. The minimum atomic E-state index is -4.41. The lowest BCUT2D eigenvalue weighted by atomic mass is 10.1. The molecule has 2 atom stereocenters. The molecule has 0 aliphatic rings. The fourth-order valence-electron chi connectivity index (χ4n) is 4.57. The molecule has 0 radical (unpaired) electrons. The van der Waals surface area contributed by atoms with Crippen LogP contribution >= 0.6 is 0 Å². The number of rotatable bonds is 15. The van der Waals surface area contributed by atoms with Crippen LogP contribution in [0, 0.1) is 5.82 Å². The zero-order valence-corrected chi connectivity index (χ0v) is 26.7. The summed E-state index contributed by atoms with van der Waals surface area (Å²) in [5, 5.41) is 2.94. The lowest BCUT2D eigenvalue weighted by Crippen LogP contribution is -2.53. The van der Waals surface area contributed by atoms with Crippen LogP contribution in [0.5, 0.6) is 17.2 Å². The number of carbonyl (C=O) groups is 2. The summed E-state index contributed by atoms with van der Waals surface area (Å²) in [5.41, 5.74) is 0.747. The van der Waals surface area contributed by atoms with Crippen LogP contribution in [0.3, 0.4) is 0 Å². The highest BCUT2D eigenvalue weighted by Crippen LogP contribution is 2.32. The van der Waals surface area contributed by atoms with Crippen LogP contribution in [0.2, 0.25) is 0 Å². The highest BCUT2D eigenvalue weighted by atomic mass is 32.2. The summed E-state index contributed by atoms with van der Waals surface area (Å²) < 4.78 is 58.9. The Morgan fingerprint density at radius 2 is 1.57 bits per heavy atom. The van der Waals surface area contributed by atoms with Crippen molar-refractivity contribution in [3.63, 3.8) is 0 Å². The number of anilines is 1. The number of ether oxygens (including phenoxy) is 3. The number of halogens is 1. The molecule has 0 aliphatic carbocycles. The Morgan fingerprint density at radius 1 is 0.886 bits per heavy atom. The van der Waals surface area contributed by atoms with Crippen molar-refractivity contribution in [2.75, 3.05) is 32.2 Å². The maximum atomic E-state index is 14.2. The molecule has 0 fully saturated rings. The van der Waals surface area contributed by atoms with E-state index in [-0.39, 0.29) is 41.2 Å². The van der Waals surface area contributed by atoms with E-state index in [1.165, 1.54) is 56.6 Å². The molecule has 2 unspecified atom stereocenters. The summed E-state index contributed by atoms with van der Waals surface area (Å²) in [5.74, 6) is -0.502. The molecule has 10 nitrogen and oxygen atoms in total. The third-order valence-corrected chi connectivity index (χ3v) is 8.98. The summed E-state index contributed by atoms with van der Waals surface area (Å²) >= 11 is 0. The lowest BCUT2D eigenvalue weighted by Gasteiger charge is -2.33. The molecular weight excluding hydrogens is 589 g/mol. The summed E-state index contributed by atoms with van der Waals surface area (Å²) in [6, 6.07) is 14.9. The third kappa shape index (κ3) is 8.19. The average molecular weight is 630 g/mol. The first-order valence-corrected chi connectivity index (χ1v) is 15.7. The second-order valence-electron chi connectivity index (χ2n) is 10.1. The van der Waals surface area contributed by atoms with Crippen LogP contribution in [0.25, 0.3) is 0 Å². The summed E-state index contributed by atoms with van der Waals surface area (Å²) in [7, 11) is -0.0803. The largest absolute Gasteiger partial charge is 0.497 e. The van der Waals surface area contributed by atoms with Crippen LogP contribution in [-0.4, -0.2) is 65.1 Å². The van der Waals surface area contributed by atoms with Crippen LogP contribution in [0.4, 0.5) is 10.1 Å². The smallest absolute Gasteiger partial charge is 0.264 e. The van der Waals surface area contributed by atoms with E-state index < -0.39 is 34.3 Å². The Bertz CT molecular complexity index is 1530. The molecule has 0 saturated heterocycles. The Kier molecular flexibility index (Phi) is 12.0. The van der Waals surface area contributed by atoms with E-state index in [0.29, 0.717) is 23.5 Å². The molecule has 3 rings (SSSR count). The number of amides is 2. The van der Waals surface area contributed by atoms with Gasteiger partial charge in [0.25, 0.3) is 10.0 Å². The van der Waals surface area contributed by atoms with Gasteiger partial charge in [-0.05, 0) is 73.9 Å². The van der Waals surface area contributed by atoms with Gasteiger partial charge in [0.2, 0.25) is 11.8 Å². The van der Waals surface area contributed by atoms with Crippen LogP contribution in [0.1, 0.15) is 39.2 Å². The second kappa shape index (κ2) is 15.4. The molecule has 0 heterocycles. The number of methoxy groups -OCH3 is 3. The number of nitrogens with one attached hydrogen (secondary N) is 1. The molecule has 2 amide bonds. The molecule has 3 aromatic rings. The average Bonchev–Trinajstić information content (AvgIpc) is 3.03. The van der Waals surface area contributed by atoms with Crippen molar-refractivity contribution in [2.45, 2.75) is 57.1 Å². The summed E-state index contributed by atoms with van der Waals surface area (Å²) in [6.45, 7) is 4.93. The zero-order valence-electron chi connectivity index (χ0n) is 25.9. The van der Waals surface area contributed by atoms with E-state index in [9.17, 15) is 22.4 Å². The van der Waals surface area contributed by atoms with E-state index in [4.69, 9.17) is 14.2 Å². The molecule has 1 N–H and O–H groups in total. The van der Waals surface area contributed by atoms with Gasteiger partial charge in [0.15, 0.2) is 11.5 Å². The fourth-order valence-corrected chi connectivity index (χ4v) is 6.00. The van der Waals surface area contributed by atoms with Crippen LogP contribution in [-0.2, 0) is 26.2 Å². The molecule has 238 valence electrons. The summed E-state index contributed by atoms with van der Waals surface area (Å²) in [6.07, 6.45) is 0.963. The number of benzene rings is 3. The minimum absolute atomic E-state index is 0.0100. The monoisotopic (exact) mass is 629 g/mol. The highest BCUT2D eigenvalue weighted by Gasteiger charge is 2.34. The van der Waals surface area contributed by atoms with Crippen molar-refractivity contribution in [3.05, 3.63) is 78.1 Å². The van der Waals surface area contributed by atoms with Gasteiger partial charge < -0.3 is 24.4 Å². The van der Waals surface area contributed by atoms with E-state index in [1.807, 2.05) is 13.8 Å². The first kappa shape index (κ1) is 34.2. The molecule has 0 aliphatic heterocycles. The van der Waals surface area contributed by atoms with E-state index in [1.54, 1.807) is 31.2 Å². The fraction of sp³-hybridized carbons (Fsp3) is 0.375. The minimum Gasteiger partial charge on any atom is -0.497 e. The van der Waals surface area contributed by atoms with Crippen molar-refractivity contribution in [2.24, 2.45) is 0 Å². The predicted octanol–water partition coefficient (Wildman–Crippen LogP) is 4.77. The van der Waals surface area contributed by atoms with Gasteiger partial charge in [-0.2, -0.15) is 0 Å². The van der Waals surface area contributed by atoms with Gasteiger partial charge >= 0.3 is 0 Å². The first-order chi connectivity index (χ1) is 21.0. The number of hydrogen-bond donors (Lipinski definition) is 1. The van der Waals surface area contributed by atoms with Gasteiger partial charge in [-0.1, -0.05) is 26.0 Å². The molecule has 0 spiro atoms. The standard InChI is InChI=1S/C32H40FN3O7S/c1-7-22(3)34-32(38)28(8-2)35(20-23-10-9-11-26(18-23)41-4)31(37)21-36(25-14-12-24(33)13-15-25)44(39,40)27-16-17-29(42-5)30(19-27)43-6/h9-19,22,28H,7-8,20-21H2,1-6H3,(H,34,38). The zero-order chi connectivity index (χ0) is 32.4. The van der Waals surface area contributed by atoms with Crippen molar-refractivity contribution in [1.82, 2.24) is 10.2 Å². The molecule has 12 heteroatoms. The van der Waals surface area contributed by atoms with Gasteiger partial charge in [0.05, 0.1) is 31.9 Å². The SMILES string of the molecule is CCC(C)NC(=O)C(CC)N(Cc1cccc(OC)c1)C(=O)CN(c1ccc(F)cc1)S(=O)(=O)c1ccc(OC)c(OC)c1. The van der Waals surface area contributed by atoms with Gasteiger partial charge in [-0.15, -0.1) is 0 Å². The Balaban J connectivity index is 2.10. The topological polar surface area (TPSA) is 114 Å². The van der Waals surface area contributed by atoms with Crippen LogP contribution < -0.4 is 23.8 Å². The van der Waals surface area contributed by atoms with Gasteiger partial charge in [0, 0.05) is 18.7 Å². The van der Waals surface area contributed by atoms with Crippen molar-refractivity contribution in [1.29, 1.82) is 0 Å². The Labute approximate surface area is 258 Å². The number of sulfonamides is 1. The van der Waals surface area contributed by atoms with Gasteiger partial charge in [-0.25, -0.2) is 12.8 Å². The molecular formula is C32H40FN3O7S. The molecule has 0 saturated carbocycles. The van der Waals surface area contributed by atoms with Gasteiger partial charge in [-0.3, -0.25) is 13.9 Å². The first-order valence-electron chi connectivity index (χ1n) is 14.2. The number of nitrogens with zero attached hydrogens (tertiary/aromatic N) is 2. The predicted molar refractivity (Wildman–Crippen MR) is 166 cm³/mol.